The lowest BCUT2D eigenvalue weighted by Gasteiger charge is -2.67. The van der Waals surface area contributed by atoms with Crippen molar-refractivity contribution in [1.82, 2.24) is 5.32 Å². The SMILES string of the molecule is CC(=O)O[C@@]12CO[C@@H]1C[C@H](O)[C@@]1(C)C(=O)[C@H](O)C3=C(C)[C@@H](OC(=O)[C@H](O)[C@@H](NC(=O)O)c4ccccc4)C[C@](O)([C@@H](OC(=O)c4ccccc4)[C@H]21)C3(C)C. The van der Waals surface area contributed by atoms with Crippen LogP contribution in [0.5, 0.6) is 0 Å². The van der Waals surface area contributed by atoms with Crippen molar-refractivity contribution in [1.29, 1.82) is 0 Å². The maximum atomic E-state index is 14.8. The number of carboxylic acid groups (broad SMARTS) is 1. The minimum atomic E-state index is -2.36. The molecule has 2 aromatic carbocycles. The first-order valence-corrected chi connectivity index (χ1v) is 17.7. The van der Waals surface area contributed by atoms with Crippen LogP contribution in [0, 0.1) is 16.7 Å². The fourth-order valence-corrected chi connectivity index (χ4v) is 9.26. The van der Waals surface area contributed by atoms with Gasteiger partial charge in [-0.15, -0.1) is 0 Å². The number of aliphatic hydroxyl groups is 4. The molecule has 6 rings (SSSR count). The zero-order chi connectivity index (χ0) is 39.5. The van der Waals surface area contributed by atoms with Crippen molar-refractivity contribution in [2.45, 2.75) is 101 Å². The van der Waals surface area contributed by atoms with Crippen LogP contribution in [-0.4, -0.2) is 110 Å². The van der Waals surface area contributed by atoms with Gasteiger partial charge in [-0.3, -0.25) is 9.59 Å². The molecule has 2 bridgehead atoms. The van der Waals surface area contributed by atoms with Crippen LogP contribution in [0.2, 0.25) is 0 Å². The highest BCUT2D eigenvalue weighted by molar-refractivity contribution is 5.94. The van der Waals surface area contributed by atoms with Gasteiger partial charge in [-0.1, -0.05) is 62.4 Å². The Hall–Kier alpha value is -4.67. The van der Waals surface area contributed by atoms with Crippen LogP contribution < -0.4 is 5.32 Å². The first-order chi connectivity index (χ1) is 25.3. The van der Waals surface area contributed by atoms with Gasteiger partial charge in [-0.05, 0) is 42.7 Å². The zero-order valence-electron chi connectivity index (χ0n) is 30.4. The molecule has 2 saturated carbocycles. The lowest BCUT2D eigenvalue weighted by molar-refractivity contribution is -0.346. The summed E-state index contributed by atoms with van der Waals surface area (Å²) in [6.45, 7) is 6.74. The fraction of sp³-hybridized carbons (Fsp3) is 0.513. The number of benzene rings is 2. The van der Waals surface area contributed by atoms with E-state index in [9.17, 15) is 49.5 Å². The van der Waals surface area contributed by atoms with E-state index in [4.69, 9.17) is 18.9 Å². The molecule has 3 aliphatic carbocycles. The molecule has 1 amide bonds. The Balaban J connectivity index is 1.52. The summed E-state index contributed by atoms with van der Waals surface area (Å²) in [6.07, 6.45) is -12.2. The monoisotopic (exact) mass is 751 g/mol. The number of esters is 3. The minimum Gasteiger partial charge on any atom is -0.465 e. The number of hydrogen-bond acceptors (Lipinski definition) is 13. The Kier molecular flexibility index (Phi) is 10.0. The van der Waals surface area contributed by atoms with E-state index in [-0.39, 0.29) is 35.3 Å². The number of ether oxygens (including phenoxy) is 4. The van der Waals surface area contributed by atoms with Gasteiger partial charge in [0.1, 0.15) is 30.0 Å². The van der Waals surface area contributed by atoms with E-state index in [0.29, 0.717) is 0 Å². The fourth-order valence-electron chi connectivity index (χ4n) is 9.26. The molecule has 54 heavy (non-hydrogen) atoms. The number of fused-ring (bicyclic) bond motifs is 5. The van der Waals surface area contributed by atoms with E-state index in [1.807, 2.05) is 0 Å². The average molecular weight is 752 g/mol. The van der Waals surface area contributed by atoms with Crippen molar-refractivity contribution in [3.8, 4) is 0 Å². The minimum absolute atomic E-state index is 0.0695. The topological polar surface area (TPSA) is 235 Å². The number of carbonyl (C=O) groups excluding carboxylic acids is 4. The van der Waals surface area contributed by atoms with Crippen molar-refractivity contribution in [3.63, 3.8) is 0 Å². The summed E-state index contributed by atoms with van der Waals surface area (Å²) in [6, 6.07) is 14.1. The van der Waals surface area contributed by atoms with Gasteiger partial charge in [0.25, 0.3) is 0 Å². The van der Waals surface area contributed by atoms with Crippen LogP contribution >= 0.6 is 0 Å². The van der Waals surface area contributed by atoms with Gasteiger partial charge in [-0.25, -0.2) is 14.4 Å². The number of nitrogens with one attached hydrogen (secondary N) is 1. The molecule has 1 saturated heterocycles. The Bertz CT molecular complexity index is 1860. The van der Waals surface area contributed by atoms with E-state index >= 15 is 0 Å². The summed E-state index contributed by atoms with van der Waals surface area (Å²) in [5.41, 5.74) is -7.40. The van der Waals surface area contributed by atoms with Gasteiger partial charge in [0, 0.05) is 25.2 Å². The first-order valence-electron chi connectivity index (χ1n) is 17.7. The number of carbonyl (C=O) groups is 5. The molecule has 1 aliphatic heterocycles. The van der Waals surface area contributed by atoms with Gasteiger partial charge in [0.15, 0.2) is 17.5 Å². The molecule has 0 radical (unpaired) electrons. The number of hydrogen-bond donors (Lipinski definition) is 6. The summed E-state index contributed by atoms with van der Waals surface area (Å²) in [7, 11) is 0. The van der Waals surface area contributed by atoms with E-state index in [2.05, 4.69) is 5.32 Å². The van der Waals surface area contributed by atoms with E-state index in [1.54, 1.807) is 36.4 Å². The number of Topliss-reactive ketones (excluding diaryl/α,β-unsaturated/α-hetero) is 1. The smallest absolute Gasteiger partial charge is 0.405 e. The van der Waals surface area contributed by atoms with Gasteiger partial charge >= 0.3 is 24.0 Å². The second kappa shape index (κ2) is 13.9. The highest BCUT2D eigenvalue weighted by atomic mass is 16.6. The van der Waals surface area contributed by atoms with Crippen molar-refractivity contribution in [3.05, 3.63) is 82.9 Å². The number of rotatable bonds is 8. The summed E-state index contributed by atoms with van der Waals surface area (Å²) in [4.78, 5) is 67.1. The van der Waals surface area contributed by atoms with Gasteiger partial charge in [0.05, 0.1) is 35.6 Å². The molecule has 3 fully saturated rings. The Morgan fingerprint density at radius 1 is 0.963 bits per heavy atom. The first kappa shape index (κ1) is 39.0. The van der Waals surface area contributed by atoms with E-state index < -0.39 is 107 Å². The van der Waals surface area contributed by atoms with Crippen LogP contribution in [0.3, 0.4) is 0 Å². The molecule has 4 aliphatic rings. The van der Waals surface area contributed by atoms with Crippen LogP contribution in [0.25, 0.3) is 0 Å². The van der Waals surface area contributed by atoms with Crippen molar-refractivity contribution >= 4 is 29.8 Å². The average Bonchev–Trinajstić information content (AvgIpc) is 3.12. The van der Waals surface area contributed by atoms with E-state index in [0.717, 1.165) is 6.92 Å². The number of ketones is 1. The maximum absolute atomic E-state index is 14.8. The zero-order valence-corrected chi connectivity index (χ0v) is 30.4. The molecule has 290 valence electrons. The summed E-state index contributed by atoms with van der Waals surface area (Å²) < 4.78 is 23.8. The highest BCUT2D eigenvalue weighted by Gasteiger charge is 2.78. The third-order valence-electron chi connectivity index (χ3n) is 12.2. The second-order valence-electron chi connectivity index (χ2n) is 15.4. The third kappa shape index (κ3) is 5.98. The molecule has 15 heteroatoms. The Morgan fingerprint density at radius 3 is 2.13 bits per heavy atom. The van der Waals surface area contributed by atoms with Crippen molar-refractivity contribution < 1.29 is 68.5 Å². The number of amides is 1. The van der Waals surface area contributed by atoms with Gasteiger partial charge in [-0.2, -0.15) is 0 Å². The lowest BCUT2D eigenvalue weighted by Crippen LogP contribution is -2.81. The quantitative estimate of drug-likeness (QED) is 0.129. The highest BCUT2D eigenvalue weighted by Crippen LogP contribution is 2.64. The summed E-state index contributed by atoms with van der Waals surface area (Å²) in [5, 5.41) is 60.0. The third-order valence-corrected chi connectivity index (χ3v) is 12.2. The van der Waals surface area contributed by atoms with Crippen LogP contribution in [0.1, 0.15) is 69.4 Å². The predicted octanol–water partition coefficient (Wildman–Crippen LogP) is 2.00. The molecule has 0 aromatic heterocycles. The molecule has 0 spiro atoms. The Morgan fingerprint density at radius 2 is 1.57 bits per heavy atom. The molecular weight excluding hydrogens is 706 g/mol. The second-order valence-corrected chi connectivity index (χ2v) is 15.4. The molecule has 0 unspecified atom stereocenters. The largest absolute Gasteiger partial charge is 0.465 e. The molecule has 11 atom stereocenters. The predicted molar refractivity (Wildman–Crippen MR) is 185 cm³/mol. The summed E-state index contributed by atoms with van der Waals surface area (Å²) in [5.74, 6) is -5.47. The summed E-state index contributed by atoms with van der Waals surface area (Å²) >= 11 is 0. The van der Waals surface area contributed by atoms with Crippen LogP contribution in [0.4, 0.5) is 4.79 Å². The van der Waals surface area contributed by atoms with E-state index in [1.165, 1.54) is 52.0 Å². The van der Waals surface area contributed by atoms with Gasteiger partial charge in [0.2, 0.25) is 0 Å². The molecule has 1 heterocycles. The van der Waals surface area contributed by atoms with Crippen LogP contribution in [0.15, 0.2) is 71.8 Å². The molecule has 2 aromatic rings. The molecule has 6 N–H and O–H groups in total. The lowest BCUT2D eigenvalue weighted by atomic mass is 9.44. The number of aliphatic hydroxyl groups excluding tert-OH is 3. The van der Waals surface area contributed by atoms with Crippen molar-refractivity contribution in [2.75, 3.05) is 6.61 Å². The van der Waals surface area contributed by atoms with Crippen molar-refractivity contribution in [2.24, 2.45) is 16.7 Å². The van der Waals surface area contributed by atoms with Gasteiger partial charge < -0.3 is 49.8 Å². The Labute approximate surface area is 310 Å². The maximum Gasteiger partial charge on any atom is 0.405 e. The molecular formula is C39H45NO14. The molecule has 15 nitrogen and oxygen atoms in total. The standard InChI is InChI=1S/C39H45NO14/c1-19-23(52-34(47)29(44)27(40-35(48)49)21-12-8-6-9-13-21)17-39(50)32(53-33(46)22-14-10-7-11-15-22)30-37(5,31(45)28(43)26(19)36(39,3)4)24(42)16-25-38(30,18-51-25)54-20(2)41/h6-15,23-25,27-30,32,40,42-44,50H,16-18H2,1-5H3,(H,48,49)/t23-,24-,25+,27-,28+,29+,30-,32-,37+,38-,39-/m0/s1. The van der Waals surface area contributed by atoms with Crippen LogP contribution in [-0.2, 0) is 33.3 Å². The normalized spacial score (nSPS) is 35.0.